The van der Waals surface area contributed by atoms with Crippen molar-refractivity contribution in [3.63, 3.8) is 0 Å². The van der Waals surface area contributed by atoms with Gasteiger partial charge in [-0.15, -0.1) is 9.13 Å². The van der Waals surface area contributed by atoms with E-state index < -0.39 is 17.4 Å². The second kappa shape index (κ2) is 23.0. The second-order valence-electron chi connectivity index (χ2n) is 10.1. The van der Waals surface area contributed by atoms with Crippen LogP contribution in [0.25, 0.3) is 0 Å². The van der Waals surface area contributed by atoms with Crippen LogP contribution in [0, 0.1) is 5.41 Å². The summed E-state index contributed by atoms with van der Waals surface area (Å²) < 4.78 is 14.2. The minimum atomic E-state index is -1.20. The van der Waals surface area contributed by atoms with E-state index in [1.54, 1.807) is 13.8 Å². The Labute approximate surface area is 286 Å². The largest absolute Gasteiger partial charge is 1.00 e. The fraction of sp³-hybridized carbons (Fsp3) is 0.469. The highest BCUT2D eigenvalue weighted by molar-refractivity contribution is 6.00. The van der Waals surface area contributed by atoms with E-state index in [0.717, 1.165) is 48.8 Å². The molecule has 0 fully saturated rings. The maximum absolute atomic E-state index is 12.4. The van der Waals surface area contributed by atoms with Crippen molar-refractivity contribution in [3.05, 3.63) is 71.8 Å². The molecule has 2 heterocycles. The Hall–Kier alpha value is -3.45. The molecular formula is C32H44Br2N4O7. The van der Waals surface area contributed by atoms with Gasteiger partial charge in [0.25, 0.3) is 0 Å². The Morgan fingerprint density at radius 3 is 1.71 bits per heavy atom. The van der Waals surface area contributed by atoms with Crippen molar-refractivity contribution in [3.8, 4) is 0 Å². The molecule has 2 aromatic heterocycles. The van der Waals surface area contributed by atoms with Crippen molar-refractivity contribution >= 4 is 30.2 Å². The van der Waals surface area contributed by atoms with Gasteiger partial charge in [0, 0.05) is 41.8 Å². The summed E-state index contributed by atoms with van der Waals surface area (Å²) in [6.07, 6.45) is 17.9. The number of unbranched alkanes of at least 4 members (excludes halogenated alkanes) is 2. The molecule has 0 radical (unpaired) electrons. The SMILES string of the molecule is CCOC(=O)C(CC)(CCCCCC1=CCCC1=O)C(=O)OCC.O/N=C\c1cc[n+](C[n+]2ccc(/C=N\O)cc2)cc1.[Br-].[Br-]. The number of hydrogen-bond acceptors (Lipinski definition) is 9. The highest BCUT2D eigenvalue weighted by Gasteiger charge is 2.46. The van der Waals surface area contributed by atoms with Crippen LogP contribution >= 0.6 is 0 Å². The summed E-state index contributed by atoms with van der Waals surface area (Å²) in [6, 6.07) is 7.42. The van der Waals surface area contributed by atoms with Crippen molar-refractivity contribution in [2.24, 2.45) is 15.7 Å². The standard InChI is InChI=1S/C19H30O5.C13H12N4O2.2BrH/c1-4-19(17(21)23-5-2,18(22)24-6-3)14-9-7-8-11-15-12-10-13-16(15)20;18-14-9-12-1-5-16(6-2-12)11-17-7-3-13(4-8-17)10-15-19;;/h12H,4-11,13-14H2,1-3H3;1-10H,11H2;2*1H. The molecule has 2 aromatic rings. The van der Waals surface area contributed by atoms with Crippen LogP contribution in [0.5, 0.6) is 0 Å². The molecule has 0 aliphatic heterocycles. The number of nitrogens with zero attached hydrogens (tertiary/aromatic N) is 4. The van der Waals surface area contributed by atoms with Crippen molar-refractivity contribution in [2.75, 3.05) is 13.2 Å². The molecule has 0 aromatic carbocycles. The lowest BCUT2D eigenvalue weighted by atomic mass is 9.79. The average Bonchev–Trinajstić information content (AvgIpc) is 3.42. The number of rotatable bonds is 15. The van der Waals surface area contributed by atoms with E-state index in [2.05, 4.69) is 10.3 Å². The maximum atomic E-state index is 12.4. The lowest BCUT2D eigenvalue weighted by Crippen LogP contribution is -3.00. The molecule has 11 nitrogen and oxygen atoms in total. The van der Waals surface area contributed by atoms with Crippen LogP contribution in [-0.4, -0.2) is 53.8 Å². The molecular weight excluding hydrogens is 712 g/mol. The van der Waals surface area contributed by atoms with Crippen LogP contribution in [0.2, 0.25) is 0 Å². The van der Waals surface area contributed by atoms with Gasteiger partial charge >= 0.3 is 18.6 Å². The van der Waals surface area contributed by atoms with Crippen LogP contribution in [-0.2, 0) is 30.5 Å². The third-order valence-corrected chi connectivity index (χ3v) is 7.18. The number of carbonyl (C=O) groups excluding carboxylic acids is 3. The molecule has 248 valence electrons. The second-order valence-corrected chi connectivity index (χ2v) is 10.1. The predicted molar refractivity (Wildman–Crippen MR) is 159 cm³/mol. The fourth-order valence-electron chi connectivity index (χ4n) is 4.72. The molecule has 1 aliphatic carbocycles. The summed E-state index contributed by atoms with van der Waals surface area (Å²) in [5.41, 5.74) is 1.40. The van der Waals surface area contributed by atoms with E-state index in [0.29, 0.717) is 25.9 Å². The number of ketones is 1. The number of halogens is 2. The Morgan fingerprint density at radius 2 is 1.33 bits per heavy atom. The highest BCUT2D eigenvalue weighted by atomic mass is 79.9. The number of allylic oxidation sites excluding steroid dienone is 2. The number of ether oxygens (including phenoxy) is 2. The van der Waals surface area contributed by atoms with Crippen molar-refractivity contribution in [1.29, 1.82) is 0 Å². The molecule has 1 aliphatic rings. The molecule has 45 heavy (non-hydrogen) atoms. The van der Waals surface area contributed by atoms with Gasteiger partial charge in [0.2, 0.25) is 0 Å². The monoisotopic (exact) mass is 754 g/mol. The lowest BCUT2D eigenvalue weighted by Gasteiger charge is -2.27. The molecule has 3 rings (SSSR count). The molecule has 0 spiro atoms. The molecule has 0 saturated carbocycles. The van der Waals surface area contributed by atoms with Gasteiger partial charge in [0.1, 0.15) is 0 Å². The van der Waals surface area contributed by atoms with Crippen molar-refractivity contribution in [2.45, 2.75) is 78.8 Å². The quantitative estimate of drug-likeness (QED) is 0.0413. The van der Waals surface area contributed by atoms with E-state index in [1.165, 1.54) is 12.4 Å². The number of aromatic nitrogens is 2. The van der Waals surface area contributed by atoms with Crippen LogP contribution < -0.4 is 43.1 Å². The van der Waals surface area contributed by atoms with Crippen LogP contribution in [0.3, 0.4) is 0 Å². The van der Waals surface area contributed by atoms with Crippen molar-refractivity contribution < 1.29 is 77.4 Å². The first-order chi connectivity index (χ1) is 20.8. The molecule has 0 amide bonds. The Morgan fingerprint density at radius 1 is 0.844 bits per heavy atom. The van der Waals surface area contributed by atoms with Gasteiger partial charge in [-0.1, -0.05) is 36.2 Å². The molecule has 0 unspecified atom stereocenters. The summed E-state index contributed by atoms with van der Waals surface area (Å²) in [5.74, 6) is -0.713. The van der Waals surface area contributed by atoms with Crippen LogP contribution in [0.4, 0.5) is 0 Å². The maximum Gasteiger partial charge on any atom is 0.343 e. The molecule has 0 bridgehead atoms. The van der Waals surface area contributed by atoms with Crippen molar-refractivity contribution in [1.82, 2.24) is 0 Å². The van der Waals surface area contributed by atoms with Gasteiger partial charge in [-0.25, -0.2) is 0 Å². The third kappa shape index (κ3) is 13.6. The van der Waals surface area contributed by atoms with Gasteiger partial charge < -0.3 is 53.9 Å². The number of carbonyl (C=O) groups is 3. The molecule has 0 atom stereocenters. The van der Waals surface area contributed by atoms with Gasteiger partial charge in [-0.2, -0.15) is 0 Å². The van der Waals surface area contributed by atoms with E-state index in [4.69, 9.17) is 19.9 Å². The lowest BCUT2D eigenvalue weighted by molar-refractivity contribution is -0.913. The average molecular weight is 757 g/mol. The van der Waals surface area contributed by atoms with Crippen LogP contribution in [0.1, 0.15) is 83.3 Å². The Kier molecular flexibility index (Phi) is 21.2. The minimum absolute atomic E-state index is 0. The summed E-state index contributed by atoms with van der Waals surface area (Å²) >= 11 is 0. The Balaban J connectivity index is 0.000000841. The number of pyridine rings is 2. The fourth-order valence-corrected chi connectivity index (χ4v) is 4.72. The minimum Gasteiger partial charge on any atom is -1.00 e. The first kappa shape index (κ1) is 41.5. The molecule has 13 heteroatoms. The highest BCUT2D eigenvalue weighted by Crippen LogP contribution is 2.33. The summed E-state index contributed by atoms with van der Waals surface area (Å²) in [7, 11) is 0. The van der Waals surface area contributed by atoms with E-state index in [9.17, 15) is 14.4 Å². The first-order valence-corrected chi connectivity index (χ1v) is 14.7. The van der Waals surface area contributed by atoms with E-state index >= 15 is 0 Å². The molecule has 0 saturated heterocycles. The zero-order valence-corrected chi connectivity index (χ0v) is 29.3. The first-order valence-electron chi connectivity index (χ1n) is 14.7. The summed E-state index contributed by atoms with van der Waals surface area (Å²) in [6.45, 7) is 6.43. The topological polar surface area (TPSA) is 143 Å². The van der Waals surface area contributed by atoms with Gasteiger partial charge in [0.05, 0.1) is 25.6 Å². The molecule has 2 N–H and O–H groups in total. The Bertz CT molecular complexity index is 1200. The smallest absolute Gasteiger partial charge is 0.343 e. The number of esters is 2. The number of oxime groups is 2. The van der Waals surface area contributed by atoms with Gasteiger partial charge in [-0.3, -0.25) is 14.4 Å². The van der Waals surface area contributed by atoms with Gasteiger partial charge in [-0.05, 0) is 51.5 Å². The number of hydrogen-bond donors (Lipinski definition) is 2. The summed E-state index contributed by atoms with van der Waals surface area (Å²) in [5, 5.41) is 22.8. The third-order valence-electron chi connectivity index (χ3n) is 7.18. The zero-order chi connectivity index (χ0) is 31.5. The predicted octanol–water partition coefficient (Wildman–Crippen LogP) is -1.86. The van der Waals surface area contributed by atoms with Gasteiger partial charge in [0.15, 0.2) is 36.0 Å². The van der Waals surface area contributed by atoms with Crippen LogP contribution in [0.15, 0.2) is 71.0 Å². The normalized spacial score (nSPS) is 12.5. The zero-order valence-electron chi connectivity index (χ0n) is 26.1. The number of Topliss-reactive ketones (excluding diaryl/α,β-unsaturated/α-hetero) is 1. The van der Waals surface area contributed by atoms with E-state index in [1.807, 2.05) is 71.2 Å². The van der Waals surface area contributed by atoms with E-state index in [-0.39, 0.29) is 53.0 Å². The summed E-state index contributed by atoms with van der Waals surface area (Å²) in [4.78, 5) is 36.3.